The van der Waals surface area contributed by atoms with Crippen molar-refractivity contribution in [3.8, 4) is 5.75 Å². The summed E-state index contributed by atoms with van der Waals surface area (Å²) in [7, 11) is 1.68. The first-order valence-corrected chi connectivity index (χ1v) is 7.26. The molecule has 0 saturated carbocycles. The maximum atomic E-state index is 6.35. The average Bonchev–Trinajstić information content (AvgIpc) is 2.53. The first kappa shape index (κ1) is 14.9. The van der Waals surface area contributed by atoms with Crippen molar-refractivity contribution in [1.29, 1.82) is 0 Å². The van der Waals surface area contributed by atoms with Crippen LogP contribution >= 0.6 is 11.6 Å². The van der Waals surface area contributed by atoms with Gasteiger partial charge in [-0.05, 0) is 36.2 Å². The molecule has 0 amide bonds. The standard InChI is InChI=1S/C17H20ClNO/c1-20-16-9-7-14(8-10-16)11-12-19-13-17(18)15-5-3-2-4-6-15/h2-10,17,19H,11-13H2,1H3. The van der Waals surface area contributed by atoms with E-state index in [0.717, 1.165) is 30.8 Å². The van der Waals surface area contributed by atoms with Gasteiger partial charge in [0.1, 0.15) is 5.75 Å². The SMILES string of the molecule is COc1ccc(CCNCC(Cl)c2ccccc2)cc1. The van der Waals surface area contributed by atoms with Crippen LogP contribution in [-0.4, -0.2) is 20.2 Å². The molecule has 106 valence electrons. The fourth-order valence-corrected chi connectivity index (χ4v) is 2.29. The van der Waals surface area contributed by atoms with E-state index in [1.807, 2.05) is 30.3 Å². The molecule has 2 aromatic carbocycles. The Kier molecular flexibility index (Phi) is 5.90. The molecule has 2 nitrogen and oxygen atoms in total. The summed E-state index contributed by atoms with van der Waals surface area (Å²) in [6.07, 6.45) is 0.988. The molecule has 1 atom stereocenters. The number of hydrogen-bond donors (Lipinski definition) is 1. The lowest BCUT2D eigenvalue weighted by Gasteiger charge is -2.11. The molecule has 2 aromatic rings. The topological polar surface area (TPSA) is 21.3 Å². The highest BCUT2D eigenvalue weighted by Gasteiger charge is 2.05. The van der Waals surface area contributed by atoms with Gasteiger partial charge in [0.15, 0.2) is 0 Å². The van der Waals surface area contributed by atoms with Crippen molar-refractivity contribution < 1.29 is 4.74 Å². The molecule has 0 aliphatic heterocycles. The minimum Gasteiger partial charge on any atom is -0.497 e. The molecule has 1 N–H and O–H groups in total. The Bertz CT molecular complexity index is 498. The Morgan fingerprint density at radius 2 is 1.75 bits per heavy atom. The molecule has 0 radical (unpaired) electrons. The van der Waals surface area contributed by atoms with E-state index in [9.17, 15) is 0 Å². The minimum atomic E-state index is 0.0204. The Morgan fingerprint density at radius 3 is 2.40 bits per heavy atom. The van der Waals surface area contributed by atoms with Gasteiger partial charge in [0.05, 0.1) is 12.5 Å². The van der Waals surface area contributed by atoms with Gasteiger partial charge in [-0.15, -0.1) is 11.6 Å². The maximum Gasteiger partial charge on any atom is 0.118 e. The van der Waals surface area contributed by atoms with Crippen molar-refractivity contribution in [2.24, 2.45) is 0 Å². The van der Waals surface area contributed by atoms with Gasteiger partial charge < -0.3 is 10.1 Å². The van der Waals surface area contributed by atoms with Crippen LogP contribution in [0.5, 0.6) is 5.75 Å². The Morgan fingerprint density at radius 1 is 1.05 bits per heavy atom. The van der Waals surface area contributed by atoms with Crippen molar-refractivity contribution in [3.63, 3.8) is 0 Å². The molecule has 0 spiro atoms. The van der Waals surface area contributed by atoms with Crippen LogP contribution in [0, 0.1) is 0 Å². The highest BCUT2D eigenvalue weighted by atomic mass is 35.5. The van der Waals surface area contributed by atoms with Gasteiger partial charge in [-0.25, -0.2) is 0 Å². The smallest absolute Gasteiger partial charge is 0.118 e. The summed E-state index contributed by atoms with van der Waals surface area (Å²) in [5, 5.41) is 3.42. The van der Waals surface area contributed by atoms with Crippen LogP contribution in [0.15, 0.2) is 54.6 Å². The summed E-state index contributed by atoms with van der Waals surface area (Å²) in [6, 6.07) is 18.3. The molecule has 0 aliphatic carbocycles. The number of halogens is 1. The number of methoxy groups -OCH3 is 1. The van der Waals surface area contributed by atoms with Crippen LogP contribution in [0.3, 0.4) is 0 Å². The molecule has 0 aromatic heterocycles. The zero-order valence-corrected chi connectivity index (χ0v) is 12.4. The maximum absolute atomic E-state index is 6.35. The van der Waals surface area contributed by atoms with E-state index in [4.69, 9.17) is 16.3 Å². The number of nitrogens with one attached hydrogen (secondary N) is 1. The summed E-state index contributed by atoms with van der Waals surface area (Å²) < 4.78 is 5.14. The van der Waals surface area contributed by atoms with Gasteiger partial charge in [0.2, 0.25) is 0 Å². The molecular weight excluding hydrogens is 270 g/mol. The molecule has 2 rings (SSSR count). The van der Waals surface area contributed by atoms with Crippen LogP contribution in [0.25, 0.3) is 0 Å². The van der Waals surface area contributed by atoms with Gasteiger partial charge in [0.25, 0.3) is 0 Å². The van der Waals surface area contributed by atoms with Gasteiger partial charge in [-0.2, -0.15) is 0 Å². The summed E-state index contributed by atoms with van der Waals surface area (Å²) in [6.45, 7) is 1.70. The highest BCUT2D eigenvalue weighted by molar-refractivity contribution is 6.21. The summed E-state index contributed by atoms with van der Waals surface area (Å²) in [4.78, 5) is 0. The molecule has 0 bridgehead atoms. The predicted octanol–water partition coefficient (Wildman–Crippen LogP) is 3.81. The molecule has 0 saturated heterocycles. The fraction of sp³-hybridized carbons (Fsp3) is 0.294. The van der Waals surface area contributed by atoms with Crippen LogP contribution < -0.4 is 10.1 Å². The van der Waals surface area contributed by atoms with E-state index in [1.54, 1.807) is 7.11 Å². The Labute approximate surface area is 125 Å². The van der Waals surface area contributed by atoms with Crippen molar-refractivity contribution in [2.45, 2.75) is 11.8 Å². The van der Waals surface area contributed by atoms with Gasteiger partial charge >= 0.3 is 0 Å². The van der Waals surface area contributed by atoms with Crippen LogP contribution in [0.2, 0.25) is 0 Å². The molecule has 0 aliphatic rings. The first-order chi connectivity index (χ1) is 9.79. The van der Waals surface area contributed by atoms with E-state index < -0.39 is 0 Å². The molecule has 3 heteroatoms. The van der Waals surface area contributed by atoms with Crippen molar-refractivity contribution in [1.82, 2.24) is 5.32 Å². The van der Waals surface area contributed by atoms with Gasteiger partial charge in [0, 0.05) is 6.54 Å². The number of rotatable bonds is 7. The van der Waals surface area contributed by atoms with E-state index in [0.29, 0.717) is 0 Å². The summed E-state index contributed by atoms with van der Waals surface area (Å²) in [5.41, 5.74) is 2.45. The van der Waals surface area contributed by atoms with Crippen molar-refractivity contribution in [3.05, 3.63) is 65.7 Å². The monoisotopic (exact) mass is 289 g/mol. The minimum absolute atomic E-state index is 0.0204. The largest absolute Gasteiger partial charge is 0.497 e. The highest BCUT2D eigenvalue weighted by Crippen LogP contribution is 2.18. The second-order valence-electron chi connectivity index (χ2n) is 4.68. The lowest BCUT2D eigenvalue weighted by Crippen LogP contribution is -2.21. The molecule has 20 heavy (non-hydrogen) atoms. The second-order valence-corrected chi connectivity index (χ2v) is 5.21. The quantitative estimate of drug-likeness (QED) is 0.618. The second kappa shape index (κ2) is 7.93. The van der Waals surface area contributed by atoms with E-state index in [2.05, 4.69) is 29.6 Å². The fourth-order valence-electron chi connectivity index (χ4n) is 2.03. The lowest BCUT2D eigenvalue weighted by molar-refractivity contribution is 0.414. The zero-order chi connectivity index (χ0) is 14.2. The molecule has 1 unspecified atom stereocenters. The molecule has 0 fully saturated rings. The zero-order valence-electron chi connectivity index (χ0n) is 11.7. The summed E-state index contributed by atoms with van der Waals surface area (Å²) >= 11 is 6.35. The average molecular weight is 290 g/mol. The molecule has 0 heterocycles. The van der Waals surface area contributed by atoms with E-state index >= 15 is 0 Å². The van der Waals surface area contributed by atoms with Crippen LogP contribution in [-0.2, 0) is 6.42 Å². The van der Waals surface area contributed by atoms with Gasteiger partial charge in [-0.1, -0.05) is 42.5 Å². The Hall–Kier alpha value is -1.51. The van der Waals surface area contributed by atoms with Gasteiger partial charge in [-0.3, -0.25) is 0 Å². The summed E-state index contributed by atoms with van der Waals surface area (Å²) in [5.74, 6) is 0.895. The Balaban J connectivity index is 1.70. The number of alkyl halides is 1. The predicted molar refractivity (Wildman–Crippen MR) is 84.6 cm³/mol. The lowest BCUT2D eigenvalue weighted by atomic mass is 10.1. The van der Waals surface area contributed by atoms with Crippen molar-refractivity contribution >= 4 is 11.6 Å². The third-order valence-corrected chi connectivity index (χ3v) is 3.64. The third kappa shape index (κ3) is 4.55. The van der Waals surface area contributed by atoms with Crippen LogP contribution in [0.1, 0.15) is 16.5 Å². The third-order valence-electron chi connectivity index (χ3n) is 3.23. The van der Waals surface area contributed by atoms with E-state index in [1.165, 1.54) is 5.56 Å². The first-order valence-electron chi connectivity index (χ1n) is 6.82. The van der Waals surface area contributed by atoms with Crippen molar-refractivity contribution in [2.75, 3.05) is 20.2 Å². The number of hydrogen-bond acceptors (Lipinski definition) is 2. The van der Waals surface area contributed by atoms with E-state index in [-0.39, 0.29) is 5.38 Å². The number of benzene rings is 2. The number of ether oxygens (including phenoxy) is 1. The normalized spacial score (nSPS) is 12.1. The van der Waals surface area contributed by atoms with Crippen LogP contribution in [0.4, 0.5) is 0 Å². The molecular formula is C17H20ClNO.